The van der Waals surface area contributed by atoms with E-state index in [1.165, 1.54) is 52.0 Å². The van der Waals surface area contributed by atoms with Gasteiger partial charge >= 0.3 is 0 Å². The highest BCUT2D eigenvalue weighted by Crippen LogP contribution is 2.19. The second-order valence-electron chi connectivity index (χ2n) is 5.40. The molecule has 0 aliphatic carbocycles. The lowest BCUT2D eigenvalue weighted by molar-refractivity contribution is 0.220. The van der Waals surface area contributed by atoms with E-state index in [-0.39, 0.29) is 0 Å². The third kappa shape index (κ3) is 4.94. The highest BCUT2D eigenvalue weighted by molar-refractivity contribution is 4.80. The van der Waals surface area contributed by atoms with E-state index >= 15 is 0 Å². The van der Waals surface area contributed by atoms with Crippen molar-refractivity contribution in [2.45, 2.75) is 46.1 Å². The first-order chi connectivity index (χ1) is 8.21. The monoisotopic (exact) mass is 241 g/mol. The number of likely N-dealkylation sites (tertiary alicyclic amines) is 1. The first-order valence-electron chi connectivity index (χ1n) is 7.37. The fourth-order valence-electron chi connectivity index (χ4n) is 2.79. The number of hydrogen-bond donors (Lipinski definition) is 1. The highest BCUT2D eigenvalue weighted by atomic mass is 15.2. The van der Waals surface area contributed by atoms with Gasteiger partial charge in [0.2, 0.25) is 0 Å². The smallest absolute Gasteiger partial charge is 0.00675 e. The summed E-state index contributed by atoms with van der Waals surface area (Å²) >= 11 is 0. The summed E-state index contributed by atoms with van der Waals surface area (Å²) in [6, 6.07) is 0.738. The van der Waals surface area contributed by atoms with Gasteiger partial charge in [0.25, 0.3) is 0 Å². The van der Waals surface area contributed by atoms with Crippen LogP contribution in [0.1, 0.15) is 40.0 Å². The van der Waals surface area contributed by atoms with Crippen LogP contribution < -0.4 is 5.73 Å². The first-order valence-corrected chi connectivity index (χ1v) is 7.37. The van der Waals surface area contributed by atoms with E-state index in [2.05, 4.69) is 30.6 Å². The normalized spacial score (nSPS) is 23.5. The van der Waals surface area contributed by atoms with Gasteiger partial charge in [0, 0.05) is 12.6 Å². The molecule has 1 aliphatic heterocycles. The van der Waals surface area contributed by atoms with Crippen LogP contribution in [0.15, 0.2) is 0 Å². The minimum absolute atomic E-state index is 0.738. The summed E-state index contributed by atoms with van der Waals surface area (Å²) in [7, 11) is 0. The van der Waals surface area contributed by atoms with Gasteiger partial charge < -0.3 is 15.5 Å². The van der Waals surface area contributed by atoms with Crippen LogP contribution in [0.2, 0.25) is 0 Å². The van der Waals surface area contributed by atoms with E-state index in [0.29, 0.717) is 0 Å². The molecule has 1 saturated heterocycles. The predicted octanol–water partition coefficient (Wildman–Crippen LogP) is 1.78. The molecule has 0 amide bonds. The van der Waals surface area contributed by atoms with Crippen LogP contribution in [-0.4, -0.2) is 55.1 Å². The number of hydrogen-bond acceptors (Lipinski definition) is 3. The molecule has 0 spiro atoms. The van der Waals surface area contributed by atoms with E-state index in [1.807, 2.05) is 0 Å². The maximum Gasteiger partial charge on any atom is 0.00675 e. The summed E-state index contributed by atoms with van der Waals surface area (Å²) < 4.78 is 0. The van der Waals surface area contributed by atoms with Crippen LogP contribution in [-0.2, 0) is 0 Å². The molecule has 17 heavy (non-hydrogen) atoms. The van der Waals surface area contributed by atoms with Crippen molar-refractivity contribution in [2.75, 3.05) is 39.3 Å². The molecule has 0 aromatic rings. The average molecular weight is 241 g/mol. The topological polar surface area (TPSA) is 32.5 Å². The molecular formula is C14H31N3. The van der Waals surface area contributed by atoms with Gasteiger partial charge in [-0.05, 0) is 64.8 Å². The summed E-state index contributed by atoms with van der Waals surface area (Å²) in [5, 5.41) is 0. The van der Waals surface area contributed by atoms with Crippen LogP contribution in [0.5, 0.6) is 0 Å². The third-order valence-electron chi connectivity index (χ3n) is 4.26. The van der Waals surface area contributed by atoms with Gasteiger partial charge in [-0.1, -0.05) is 13.8 Å². The molecule has 0 aromatic carbocycles. The zero-order valence-electron chi connectivity index (χ0n) is 12.0. The molecule has 1 fully saturated rings. The van der Waals surface area contributed by atoms with Crippen molar-refractivity contribution < 1.29 is 0 Å². The van der Waals surface area contributed by atoms with Crippen molar-refractivity contribution in [1.82, 2.24) is 9.80 Å². The molecular weight excluding hydrogens is 210 g/mol. The second-order valence-corrected chi connectivity index (χ2v) is 5.40. The van der Waals surface area contributed by atoms with Gasteiger partial charge in [0.15, 0.2) is 0 Å². The Labute approximate surface area is 107 Å². The van der Waals surface area contributed by atoms with Crippen molar-refractivity contribution in [3.8, 4) is 0 Å². The largest absolute Gasteiger partial charge is 0.330 e. The fraction of sp³-hybridized carbons (Fsp3) is 1.00. The van der Waals surface area contributed by atoms with Crippen molar-refractivity contribution in [3.63, 3.8) is 0 Å². The quantitative estimate of drug-likeness (QED) is 0.703. The predicted molar refractivity (Wildman–Crippen MR) is 75.2 cm³/mol. The van der Waals surface area contributed by atoms with Crippen molar-refractivity contribution >= 4 is 0 Å². The van der Waals surface area contributed by atoms with Gasteiger partial charge in [-0.2, -0.15) is 0 Å². The zero-order valence-corrected chi connectivity index (χ0v) is 12.0. The van der Waals surface area contributed by atoms with Gasteiger partial charge in [-0.25, -0.2) is 0 Å². The molecule has 2 atom stereocenters. The maximum atomic E-state index is 5.74. The molecule has 1 rings (SSSR count). The minimum atomic E-state index is 0.738. The number of rotatable bonds is 8. The molecule has 1 aliphatic rings. The molecule has 0 aromatic heterocycles. The number of nitrogens with zero attached hydrogens (tertiary/aromatic N) is 2. The lowest BCUT2D eigenvalue weighted by Crippen LogP contribution is -2.33. The summed E-state index contributed by atoms with van der Waals surface area (Å²) in [5.74, 6) is 0.750. The Morgan fingerprint density at radius 3 is 2.59 bits per heavy atom. The van der Waals surface area contributed by atoms with Gasteiger partial charge in [0.05, 0.1) is 0 Å². The average Bonchev–Trinajstić information content (AvgIpc) is 2.83. The molecule has 3 nitrogen and oxygen atoms in total. The summed E-state index contributed by atoms with van der Waals surface area (Å²) in [4.78, 5) is 5.14. The van der Waals surface area contributed by atoms with E-state index in [0.717, 1.165) is 18.5 Å². The molecule has 0 bridgehead atoms. The van der Waals surface area contributed by atoms with Crippen LogP contribution in [0, 0.1) is 5.92 Å². The van der Waals surface area contributed by atoms with Crippen LogP contribution in [0.4, 0.5) is 0 Å². The van der Waals surface area contributed by atoms with Crippen LogP contribution >= 0.6 is 0 Å². The molecule has 2 unspecified atom stereocenters. The van der Waals surface area contributed by atoms with Gasteiger partial charge in [-0.15, -0.1) is 0 Å². The Balaban J connectivity index is 2.15. The zero-order chi connectivity index (χ0) is 12.7. The molecule has 0 radical (unpaired) electrons. The Morgan fingerprint density at radius 1 is 1.35 bits per heavy atom. The standard InChI is InChI=1S/C14H31N3/c1-4-16(5-2)9-6-7-13(3)17-10-8-14(11-15)12-17/h13-14H,4-12,15H2,1-3H3. The molecule has 1 heterocycles. The second kappa shape index (κ2) is 8.06. The van der Waals surface area contributed by atoms with Gasteiger partial charge in [0.1, 0.15) is 0 Å². The minimum Gasteiger partial charge on any atom is -0.330 e. The summed E-state index contributed by atoms with van der Waals surface area (Å²) in [6.07, 6.45) is 3.96. The van der Waals surface area contributed by atoms with E-state index in [4.69, 9.17) is 5.73 Å². The molecule has 102 valence electrons. The van der Waals surface area contributed by atoms with Crippen LogP contribution in [0.3, 0.4) is 0 Å². The van der Waals surface area contributed by atoms with E-state index in [1.54, 1.807) is 0 Å². The molecule has 0 saturated carbocycles. The Bertz CT molecular complexity index is 192. The van der Waals surface area contributed by atoms with Crippen molar-refractivity contribution in [1.29, 1.82) is 0 Å². The van der Waals surface area contributed by atoms with E-state index in [9.17, 15) is 0 Å². The van der Waals surface area contributed by atoms with Crippen LogP contribution in [0.25, 0.3) is 0 Å². The van der Waals surface area contributed by atoms with Gasteiger partial charge in [-0.3, -0.25) is 0 Å². The first kappa shape index (κ1) is 14.9. The Hall–Kier alpha value is -0.120. The van der Waals surface area contributed by atoms with Crippen molar-refractivity contribution in [2.24, 2.45) is 11.7 Å². The lowest BCUT2D eigenvalue weighted by atomic mass is 10.1. The molecule has 2 N–H and O–H groups in total. The van der Waals surface area contributed by atoms with E-state index < -0.39 is 0 Å². The highest BCUT2D eigenvalue weighted by Gasteiger charge is 2.24. The Kier molecular flexibility index (Phi) is 7.09. The lowest BCUT2D eigenvalue weighted by Gasteiger charge is -2.25. The number of nitrogens with two attached hydrogens (primary N) is 1. The summed E-state index contributed by atoms with van der Waals surface area (Å²) in [5.41, 5.74) is 5.74. The Morgan fingerprint density at radius 2 is 2.06 bits per heavy atom. The SMILES string of the molecule is CCN(CC)CCCC(C)N1CCC(CN)C1. The third-order valence-corrected chi connectivity index (χ3v) is 4.26. The fourth-order valence-corrected chi connectivity index (χ4v) is 2.79. The molecule has 3 heteroatoms. The summed E-state index contributed by atoms with van der Waals surface area (Å²) in [6.45, 7) is 13.8. The van der Waals surface area contributed by atoms with Crippen molar-refractivity contribution in [3.05, 3.63) is 0 Å². The maximum absolute atomic E-state index is 5.74.